The molecule has 0 spiro atoms. The fourth-order valence-electron chi connectivity index (χ4n) is 0.105. The van der Waals surface area contributed by atoms with Crippen molar-refractivity contribution < 1.29 is 9.59 Å². The highest BCUT2D eigenvalue weighted by atomic mass is 32.1. The van der Waals surface area contributed by atoms with E-state index in [0.717, 1.165) is 0 Å². The molecule has 3 N–H and O–H groups in total. The summed E-state index contributed by atoms with van der Waals surface area (Å²) in [6.07, 6.45) is 0. The first-order valence-corrected chi connectivity index (χ1v) is 1.87. The molecule has 0 saturated heterocycles. The van der Waals surface area contributed by atoms with Gasteiger partial charge < -0.3 is 5.73 Å². The van der Waals surface area contributed by atoms with E-state index in [0.29, 0.717) is 0 Å². The number of thiol groups is 1. The highest BCUT2D eigenvalue weighted by Crippen LogP contribution is 1.71. The van der Waals surface area contributed by atoms with Crippen LogP contribution in [0.25, 0.3) is 0 Å². The second-order valence-corrected chi connectivity index (χ2v) is 1.20. The van der Waals surface area contributed by atoms with Crippen LogP contribution < -0.4 is 11.1 Å². The molecular weight excluding hydrogens is 116 g/mol. The van der Waals surface area contributed by atoms with Crippen LogP contribution in [0.3, 0.4) is 0 Å². The zero-order valence-corrected chi connectivity index (χ0v) is 4.24. The van der Waals surface area contributed by atoms with E-state index in [1.807, 2.05) is 0 Å². The van der Waals surface area contributed by atoms with Crippen molar-refractivity contribution >= 4 is 23.9 Å². The molecule has 4 nitrogen and oxygen atoms in total. The van der Waals surface area contributed by atoms with Crippen molar-refractivity contribution in [2.24, 2.45) is 5.73 Å². The SMILES string of the molecule is NC(=O)NC(=O)S. The summed E-state index contributed by atoms with van der Waals surface area (Å²) in [5.41, 5.74) is 4.47. The third-order valence-corrected chi connectivity index (χ3v) is 0.342. The fourth-order valence-corrected chi connectivity index (χ4v) is 0.216. The molecule has 0 aromatic carbocycles. The molecule has 0 atom stereocenters. The molecule has 40 valence electrons. The summed E-state index contributed by atoms with van der Waals surface area (Å²) in [5.74, 6) is 0. The van der Waals surface area contributed by atoms with E-state index in [1.54, 1.807) is 5.32 Å². The Hall–Kier alpha value is -0.710. The normalized spacial score (nSPS) is 7.57. The van der Waals surface area contributed by atoms with Gasteiger partial charge in [-0.2, -0.15) is 0 Å². The number of hydrogen-bond donors (Lipinski definition) is 3. The number of carbonyl (C=O) groups is 2. The first-order valence-electron chi connectivity index (χ1n) is 1.42. The van der Waals surface area contributed by atoms with Gasteiger partial charge in [0.15, 0.2) is 0 Å². The maximum atomic E-state index is 9.71. The van der Waals surface area contributed by atoms with E-state index in [9.17, 15) is 9.59 Å². The van der Waals surface area contributed by atoms with Crippen molar-refractivity contribution in [3.63, 3.8) is 0 Å². The smallest absolute Gasteiger partial charge is 0.319 e. The zero-order valence-electron chi connectivity index (χ0n) is 3.34. The van der Waals surface area contributed by atoms with Crippen LogP contribution in [0.15, 0.2) is 0 Å². The van der Waals surface area contributed by atoms with Crippen molar-refractivity contribution in [2.75, 3.05) is 0 Å². The predicted molar refractivity (Wildman–Crippen MR) is 27.1 cm³/mol. The van der Waals surface area contributed by atoms with Crippen molar-refractivity contribution in [3.8, 4) is 0 Å². The molecule has 0 heterocycles. The highest BCUT2D eigenvalue weighted by molar-refractivity contribution is 7.96. The Labute approximate surface area is 45.5 Å². The van der Waals surface area contributed by atoms with Crippen LogP contribution in [0.4, 0.5) is 9.59 Å². The number of rotatable bonds is 0. The summed E-state index contributed by atoms with van der Waals surface area (Å²) >= 11 is 3.19. The van der Waals surface area contributed by atoms with E-state index in [4.69, 9.17) is 0 Å². The van der Waals surface area contributed by atoms with Gasteiger partial charge in [-0.1, -0.05) is 12.6 Å². The van der Waals surface area contributed by atoms with Crippen LogP contribution in [0.2, 0.25) is 0 Å². The summed E-state index contributed by atoms with van der Waals surface area (Å²) in [4.78, 5) is 19.4. The molecule has 0 aromatic heterocycles. The Morgan fingerprint density at radius 3 is 2.00 bits per heavy atom. The minimum absolute atomic E-state index is 0.743. The van der Waals surface area contributed by atoms with Gasteiger partial charge in [-0.25, -0.2) is 4.79 Å². The van der Waals surface area contributed by atoms with Crippen LogP contribution >= 0.6 is 12.6 Å². The summed E-state index contributed by atoms with van der Waals surface area (Å²) in [6.45, 7) is 0. The molecule has 0 aliphatic carbocycles. The molecule has 0 aliphatic heterocycles. The monoisotopic (exact) mass is 120 g/mol. The van der Waals surface area contributed by atoms with Gasteiger partial charge in [0.2, 0.25) is 0 Å². The van der Waals surface area contributed by atoms with E-state index >= 15 is 0 Å². The molecular formula is C2H4N2O2S. The van der Waals surface area contributed by atoms with Crippen LogP contribution in [0, 0.1) is 0 Å². The Kier molecular flexibility index (Phi) is 2.21. The first kappa shape index (κ1) is 6.29. The van der Waals surface area contributed by atoms with Gasteiger partial charge in [-0.05, 0) is 0 Å². The molecule has 0 fully saturated rings. The zero-order chi connectivity index (χ0) is 5.86. The average Bonchev–Trinajstić information content (AvgIpc) is 1.27. The van der Waals surface area contributed by atoms with Gasteiger partial charge >= 0.3 is 6.03 Å². The van der Waals surface area contributed by atoms with Crippen LogP contribution in [0.5, 0.6) is 0 Å². The molecule has 3 amide bonds. The van der Waals surface area contributed by atoms with Crippen LogP contribution in [0.1, 0.15) is 0 Å². The van der Waals surface area contributed by atoms with Crippen LogP contribution in [-0.2, 0) is 0 Å². The third kappa shape index (κ3) is 5.29. The minimum atomic E-state index is -0.889. The summed E-state index contributed by atoms with van der Waals surface area (Å²) in [6, 6.07) is -0.889. The lowest BCUT2D eigenvalue weighted by Crippen LogP contribution is -2.30. The molecule has 0 radical (unpaired) electrons. The second-order valence-electron chi connectivity index (χ2n) is 0.794. The van der Waals surface area contributed by atoms with Crippen LogP contribution in [-0.4, -0.2) is 11.3 Å². The Morgan fingerprint density at radius 2 is 2.00 bits per heavy atom. The van der Waals surface area contributed by atoms with E-state index in [1.165, 1.54) is 0 Å². The third-order valence-electron chi connectivity index (χ3n) is 0.230. The molecule has 0 saturated carbocycles. The second kappa shape index (κ2) is 2.46. The van der Waals surface area contributed by atoms with Crippen molar-refractivity contribution in [3.05, 3.63) is 0 Å². The van der Waals surface area contributed by atoms with Crippen molar-refractivity contribution in [1.29, 1.82) is 0 Å². The highest BCUT2D eigenvalue weighted by Gasteiger charge is 1.92. The Morgan fingerprint density at radius 1 is 1.57 bits per heavy atom. The number of hydrogen-bond acceptors (Lipinski definition) is 2. The quantitative estimate of drug-likeness (QED) is 0.384. The average molecular weight is 120 g/mol. The Balaban J connectivity index is 3.32. The predicted octanol–water partition coefficient (Wildman–Crippen LogP) is -0.295. The van der Waals surface area contributed by atoms with Crippen molar-refractivity contribution in [1.82, 2.24) is 5.32 Å². The molecule has 0 rings (SSSR count). The lowest BCUT2D eigenvalue weighted by Gasteiger charge is -1.87. The molecule has 7 heavy (non-hydrogen) atoms. The lowest BCUT2D eigenvalue weighted by molar-refractivity contribution is 0.242. The number of nitrogens with two attached hydrogens (primary N) is 1. The lowest BCUT2D eigenvalue weighted by atomic mass is 11.0. The first-order chi connectivity index (χ1) is 3.13. The molecule has 0 aliphatic rings. The summed E-state index contributed by atoms with van der Waals surface area (Å²) in [5, 5.41) is 0.927. The van der Waals surface area contributed by atoms with Gasteiger partial charge in [0.25, 0.3) is 5.24 Å². The number of urea groups is 1. The number of primary amides is 1. The number of imide groups is 1. The van der Waals surface area contributed by atoms with Gasteiger partial charge in [-0.3, -0.25) is 10.1 Å². The number of amides is 3. The van der Waals surface area contributed by atoms with E-state index in [2.05, 4.69) is 18.4 Å². The van der Waals surface area contributed by atoms with E-state index < -0.39 is 11.3 Å². The summed E-state index contributed by atoms with van der Waals surface area (Å²) in [7, 11) is 0. The molecule has 0 unspecified atom stereocenters. The molecule has 0 aromatic rings. The molecule has 0 bridgehead atoms. The number of carbonyl (C=O) groups excluding carboxylic acids is 2. The maximum Gasteiger partial charge on any atom is 0.319 e. The van der Waals surface area contributed by atoms with Gasteiger partial charge in [0.1, 0.15) is 0 Å². The number of nitrogens with one attached hydrogen (secondary N) is 1. The Bertz CT molecular complexity index is 89.9. The fraction of sp³-hybridized carbons (Fsp3) is 0. The standard InChI is InChI=1S/C2H4N2O2S/c3-1(5)4-2(6)7/h(H4,3,4,5,6,7). The summed E-state index contributed by atoms with van der Waals surface area (Å²) < 4.78 is 0. The molecule has 5 heteroatoms. The van der Waals surface area contributed by atoms with Gasteiger partial charge in [0.05, 0.1) is 0 Å². The van der Waals surface area contributed by atoms with Crippen molar-refractivity contribution in [2.45, 2.75) is 0 Å². The van der Waals surface area contributed by atoms with Gasteiger partial charge in [-0.15, -0.1) is 0 Å². The topological polar surface area (TPSA) is 72.2 Å². The van der Waals surface area contributed by atoms with Gasteiger partial charge in [0, 0.05) is 0 Å². The largest absolute Gasteiger partial charge is 0.351 e. The maximum absolute atomic E-state index is 9.71. The minimum Gasteiger partial charge on any atom is -0.351 e. The van der Waals surface area contributed by atoms with E-state index in [-0.39, 0.29) is 0 Å².